The lowest BCUT2D eigenvalue weighted by molar-refractivity contribution is -0.164. The number of anilines is 2. The molecule has 0 aliphatic heterocycles. The summed E-state index contributed by atoms with van der Waals surface area (Å²) < 4.78 is 72.0. The van der Waals surface area contributed by atoms with Gasteiger partial charge in [-0.3, -0.25) is 14.5 Å². The number of alkyl halides is 3. The van der Waals surface area contributed by atoms with Crippen LogP contribution in [-0.2, 0) is 11.6 Å². The number of carbonyl (C=O) groups is 2. The van der Waals surface area contributed by atoms with Crippen molar-refractivity contribution in [2.75, 3.05) is 16.8 Å². The molecular weight excluding hydrogens is 685 g/mol. The third-order valence-electron chi connectivity index (χ3n) is 6.69. The van der Waals surface area contributed by atoms with E-state index in [-0.39, 0.29) is 35.5 Å². The molecule has 3 aromatic carbocycles. The first kappa shape index (κ1) is 33.5. The maximum Gasteiger partial charge on any atom is 0.401 e. The Balaban J connectivity index is 2.03. The minimum atomic E-state index is -4.52. The minimum absolute atomic E-state index is 0.0603. The number of nitrogens with one attached hydrogen (secondary N) is 1. The summed E-state index contributed by atoms with van der Waals surface area (Å²) in [7, 11) is 1.96. The summed E-state index contributed by atoms with van der Waals surface area (Å²) in [6.07, 6.45) is 2.02. The van der Waals surface area contributed by atoms with E-state index in [9.17, 15) is 27.2 Å². The zero-order chi connectivity index (χ0) is 31.2. The highest BCUT2D eigenvalue weighted by molar-refractivity contribution is 14.1. The van der Waals surface area contributed by atoms with Crippen LogP contribution in [0.15, 0.2) is 54.6 Å². The van der Waals surface area contributed by atoms with E-state index in [0.29, 0.717) is 28.4 Å². The van der Waals surface area contributed by atoms with Crippen molar-refractivity contribution in [1.29, 1.82) is 0 Å². The fourth-order valence-electron chi connectivity index (χ4n) is 4.56. The molecule has 3 aromatic rings. The Morgan fingerprint density at radius 2 is 1.71 bits per heavy atom. The Kier molecular flexibility index (Phi) is 11.1. The maximum absolute atomic E-state index is 15.8. The lowest BCUT2D eigenvalue weighted by atomic mass is 9.90. The van der Waals surface area contributed by atoms with Crippen molar-refractivity contribution in [2.45, 2.75) is 50.9 Å². The van der Waals surface area contributed by atoms with Gasteiger partial charge in [-0.2, -0.15) is 13.2 Å². The van der Waals surface area contributed by atoms with Gasteiger partial charge in [-0.1, -0.05) is 44.7 Å². The summed E-state index contributed by atoms with van der Waals surface area (Å²) >= 11 is 1.87. The van der Waals surface area contributed by atoms with E-state index in [2.05, 4.69) is 11.2 Å². The Morgan fingerprint density at radius 3 is 2.29 bits per heavy atom. The van der Waals surface area contributed by atoms with Gasteiger partial charge in [0, 0.05) is 9.13 Å². The molecule has 2 unspecified atom stereocenters. The second kappa shape index (κ2) is 14.0. The number of terminal acetylenes is 1. The zero-order valence-electron chi connectivity index (χ0n) is 22.9. The van der Waals surface area contributed by atoms with E-state index >= 15 is 4.39 Å². The molecule has 3 rings (SSSR count). The van der Waals surface area contributed by atoms with Crippen LogP contribution in [0.5, 0.6) is 0 Å². The van der Waals surface area contributed by atoms with Crippen molar-refractivity contribution in [3.8, 4) is 12.3 Å². The van der Waals surface area contributed by atoms with Crippen LogP contribution >= 0.6 is 31.8 Å². The van der Waals surface area contributed by atoms with E-state index in [0.717, 1.165) is 17.0 Å². The lowest BCUT2D eigenvalue weighted by Crippen LogP contribution is -2.36. The molecule has 0 fully saturated rings. The van der Waals surface area contributed by atoms with Gasteiger partial charge in [0.15, 0.2) is 5.82 Å². The van der Waals surface area contributed by atoms with Crippen LogP contribution in [-0.4, -0.2) is 24.5 Å². The molecule has 0 heterocycles. The maximum atomic E-state index is 15.8. The summed E-state index contributed by atoms with van der Waals surface area (Å²) in [6, 6.07) is 11.4. The largest absolute Gasteiger partial charge is 0.401 e. The van der Waals surface area contributed by atoms with E-state index in [1.807, 2.05) is 38.8 Å². The predicted molar refractivity (Wildman–Crippen MR) is 167 cm³/mol. The number of rotatable bonds is 10. The molecule has 2 amide bonds. The van der Waals surface area contributed by atoms with Gasteiger partial charge in [-0.05, 0) is 89.0 Å². The standard InChI is InChI=1S/C31H29F5IN2O2P/c1-4-8-20-17-21(30(42,15-5-2)31(34,35)36)18-24(37)27(20)38-28(40)23-9-7-10-25(26(23)33)39(16-6-3)29(41)19-11-13-22(32)14-12-19/h3,7,9-14,17-18H,4-5,8,15-16,42H2,1-2H3,(H,38,40). The van der Waals surface area contributed by atoms with Crippen LogP contribution in [0, 0.1) is 27.5 Å². The fraction of sp³-hybridized carbons (Fsp3) is 0.290. The van der Waals surface area contributed by atoms with Gasteiger partial charge in [0.2, 0.25) is 0 Å². The van der Waals surface area contributed by atoms with Gasteiger partial charge in [0.25, 0.3) is 11.8 Å². The van der Waals surface area contributed by atoms with Crippen LogP contribution in [0.1, 0.15) is 65.0 Å². The summed E-state index contributed by atoms with van der Waals surface area (Å²) in [5.74, 6) is -0.837. The average Bonchev–Trinajstić information content (AvgIpc) is 2.93. The molecule has 0 saturated heterocycles. The van der Waals surface area contributed by atoms with Crippen LogP contribution in [0.4, 0.5) is 33.3 Å². The quantitative estimate of drug-likeness (QED) is 0.0992. The van der Waals surface area contributed by atoms with Crippen molar-refractivity contribution in [3.63, 3.8) is 0 Å². The number of halogens is 6. The molecule has 42 heavy (non-hydrogen) atoms. The van der Waals surface area contributed by atoms with Crippen molar-refractivity contribution < 1.29 is 31.5 Å². The third kappa shape index (κ3) is 7.12. The molecule has 0 spiro atoms. The van der Waals surface area contributed by atoms with Crippen LogP contribution in [0.2, 0.25) is 0 Å². The summed E-state index contributed by atoms with van der Waals surface area (Å²) in [5, 5.41) is 0.514. The molecule has 2 atom stereocenters. The number of hydrogen-bond acceptors (Lipinski definition) is 2. The SMILES string of the molecule is C#CCN(C(=O)c1ccc(F)cc1)c1cccc(C(=O)Nc2c(I)cc(C(P)(CCC)C(F)(F)F)cc2CCC)c1F. The summed E-state index contributed by atoms with van der Waals surface area (Å²) in [6.45, 7) is 3.21. The fourth-order valence-corrected chi connectivity index (χ4v) is 5.83. The molecule has 11 heteroatoms. The first-order valence-corrected chi connectivity index (χ1v) is 14.7. The Morgan fingerprint density at radius 1 is 1.05 bits per heavy atom. The third-order valence-corrected chi connectivity index (χ3v) is 8.49. The highest BCUT2D eigenvalue weighted by atomic mass is 127. The van der Waals surface area contributed by atoms with E-state index < -0.39 is 40.3 Å². The molecule has 0 aliphatic carbocycles. The highest BCUT2D eigenvalue weighted by Crippen LogP contribution is 2.51. The number of nitrogens with zero attached hydrogens (tertiary/aromatic N) is 1. The first-order valence-electron chi connectivity index (χ1n) is 13.1. The van der Waals surface area contributed by atoms with Crippen molar-refractivity contribution >= 4 is 55.0 Å². The molecule has 0 aromatic heterocycles. The predicted octanol–water partition coefficient (Wildman–Crippen LogP) is 8.49. The van der Waals surface area contributed by atoms with E-state index in [4.69, 9.17) is 6.42 Å². The van der Waals surface area contributed by atoms with E-state index in [1.54, 1.807) is 6.92 Å². The second-order valence-corrected chi connectivity index (χ2v) is 11.8. The monoisotopic (exact) mass is 714 g/mol. The summed E-state index contributed by atoms with van der Waals surface area (Å²) in [5.41, 5.74) is 0.232. The minimum Gasteiger partial charge on any atom is -0.321 e. The van der Waals surface area contributed by atoms with Gasteiger partial charge in [0.05, 0.1) is 23.5 Å². The van der Waals surface area contributed by atoms with E-state index in [1.165, 1.54) is 42.5 Å². The molecule has 1 N–H and O–H groups in total. The highest BCUT2D eigenvalue weighted by Gasteiger charge is 2.52. The molecule has 0 bridgehead atoms. The van der Waals surface area contributed by atoms with Gasteiger partial charge < -0.3 is 5.32 Å². The van der Waals surface area contributed by atoms with Crippen molar-refractivity contribution in [2.24, 2.45) is 0 Å². The van der Waals surface area contributed by atoms with Gasteiger partial charge in [0.1, 0.15) is 11.0 Å². The number of hydrogen-bond donors (Lipinski definition) is 1. The molecule has 222 valence electrons. The molecule has 0 saturated carbocycles. The number of benzene rings is 3. The number of aryl methyl sites for hydroxylation is 1. The zero-order valence-corrected chi connectivity index (χ0v) is 26.2. The smallest absolute Gasteiger partial charge is 0.321 e. The Labute approximate surface area is 257 Å². The van der Waals surface area contributed by atoms with Gasteiger partial charge in [-0.25, -0.2) is 8.78 Å². The van der Waals surface area contributed by atoms with Gasteiger partial charge >= 0.3 is 6.18 Å². The second-order valence-electron chi connectivity index (χ2n) is 9.66. The Bertz CT molecular complexity index is 1500. The summed E-state index contributed by atoms with van der Waals surface area (Å²) in [4.78, 5) is 27.5. The molecule has 0 radical (unpaired) electrons. The van der Waals surface area contributed by atoms with Gasteiger partial charge in [-0.15, -0.1) is 15.7 Å². The van der Waals surface area contributed by atoms with Crippen LogP contribution < -0.4 is 10.2 Å². The average molecular weight is 714 g/mol. The first-order chi connectivity index (χ1) is 19.8. The number of amides is 2. The van der Waals surface area contributed by atoms with Crippen LogP contribution in [0.3, 0.4) is 0 Å². The topological polar surface area (TPSA) is 49.4 Å². The normalized spacial score (nSPS) is 12.8. The number of carbonyl (C=O) groups excluding carboxylic acids is 2. The van der Waals surface area contributed by atoms with Crippen molar-refractivity contribution in [3.05, 3.63) is 92.1 Å². The molecular formula is C31H29F5IN2O2P. The lowest BCUT2D eigenvalue weighted by Gasteiger charge is -2.33. The molecule has 4 nitrogen and oxygen atoms in total. The molecule has 0 aliphatic rings. The van der Waals surface area contributed by atoms with Crippen molar-refractivity contribution in [1.82, 2.24) is 0 Å². The Hall–Kier alpha value is -3.03. The van der Waals surface area contributed by atoms with Crippen LogP contribution in [0.25, 0.3) is 0 Å².